The molecule has 0 unspecified atom stereocenters. The van der Waals surface area contributed by atoms with E-state index < -0.39 is 6.09 Å². The SMILES string of the molecule is Cc1cn(C(=O)O)nc1C. The summed E-state index contributed by atoms with van der Waals surface area (Å²) in [5.74, 6) is 0. The third kappa shape index (κ3) is 1.00. The zero-order valence-electron chi connectivity index (χ0n) is 5.83. The number of nitrogens with zero attached hydrogens (tertiary/aromatic N) is 2. The van der Waals surface area contributed by atoms with Gasteiger partial charge in [-0.3, -0.25) is 0 Å². The van der Waals surface area contributed by atoms with Crippen LogP contribution in [0, 0.1) is 13.8 Å². The molecule has 4 heteroatoms. The molecule has 0 aliphatic rings. The normalized spacial score (nSPS) is 9.80. The Bertz CT molecular complexity index is 245. The Morgan fingerprint density at radius 2 is 2.30 bits per heavy atom. The summed E-state index contributed by atoms with van der Waals surface area (Å²) in [7, 11) is 0. The Balaban J connectivity index is 3.10. The van der Waals surface area contributed by atoms with E-state index in [1.54, 1.807) is 6.92 Å². The van der Waals surface area contributed by atoms with Crippen molar-refractivity contribution in [1.29, 1.82) is 0 Å². The highest BCUT2D eigenvalue weighted by Gasteiger charge is 2.03. The highest BCUT2D eigenvalue weighted by Crippen LogP contribution is 2.01. The third-order valence-corrected chi connectivity index (χ3v) is 1.34. The summed E-state index contributed by atoms with van der Waals surface area (Å²) in [6.07, 6.45) is 0.439. The second-order valence-electron chi connectivity index (χ2n) is 2.12. The maximum Gasteiger partial charge on any atom is 0.432 e. The van der Waals surface area contributed by atoms with Gasteiger partial charge in [0.05, 0.1) is 5.69 Å². The smallest absolute Gasteiger partial charge is 0.432 e. The Hall–Kier alpha value is -1.32. The summed E-state index contributed by atoms with van der Waals surface area (Å²) in [4.78, 5) is 10.3. The van der Waals surface area contributed by atoms with Gasteiger partial charge >= 0.3 is 6.09 Å². The number of hydrogen-bond donors (Lipinski definition) is 1. The van der Waals surface area contributed by atoms with Gasteiger partial charge in [0.25, 0.3) is 0 Å². The standard InChI is InChI=1S/C6H8N2O2/c1-4-3-8(6(9)10)7-5(4)2/h3H,1-2H3,(H,9,10). The van der Waals surface area contributed by atoms with Crippen molar-refractivity contribution >= 4 is 6.09 Å². The van der Waals surface area contributed by atoms with Crippen molar-refractivity contribution in [3.63, 3.8) is 0 Å². The van der Waals surface area contributed by atoms with Gasteiger partial charge < -0.3 is 5.11 Å². The fourth-order valence-electron chi connectivity index (χ4n) is 0.644. The van der Waals surface area contributed by atoms with Crippen LogP contribution in [0.4, 0.5) is 4.79 Å². The van der Waals surface area contributed by atoms with Crippen molar-refractivity contribution in [2.24, 2.45) is 0 Å². The second-order valence-corrected chi connectivity index (χ2v) is 2.12. The van der Waals surface area contributed by atoms with E-state index in [1.165, 1.54) is 6.20 Å². The molecular formula is C6H8N2O2. The Kier molecular flexibility index (Phi) is 1.45. The molecular weight excluding hydrogens is 132 g/mol. The van der Waals surface area contributed by atoms with Crippen molar-refractivity contribution in [2.45, 2.75) is 13.8 Å². The van der Waals surface area contributed by atoms with E-state index in [0.717, 1.165) is 15.9 Å². The predicted octanol–water partition coefficient (Wildman–Crippen LogP) is 1.03. The number of aromatic nitrogens is 2. The van der Waals surface area contributed by atoms with Gasteiger partial charge in [0.1, 0.15) is 0 Å². The molecule has 10 heavy (non-hydrogen) atoms. The quantitative estimate of drug-likeness (QED) is 0.585. The molecule has 1 N–H and O–H groups in total. The van der Waals surface area contributed by atoms with Crippen LogP contribution in [0.3, 0.4) is 0 Å². The van der Waals surface area contributed by atoms with Gasteiger partial charge in [-0.1, -0.05) is 0 Å². The topological polar surface area (TPSA) is 55.1 Å². The number of rotatable bonds is 0. The molecule has 0 amide bonds. The minimum atomic E-state index is -1.05. The molecule has 0 spiro atoms. The minimum absolute atomic E-state index is 0.752. The average molecular weight is 140 g/mol. The van der Waals surface area contributed by atoms with E-state index in [-0.39, 0.29) is 0 Å². The van der Waals surface area contributed by atoms with Crippen LogP contribution in [0.25, 0.3) is 0 Å². The molecule has 1 rings (SSSR count). The Labute approximate surface area is 58.1 Å². The number of carbonyl (C=O) groups is 1. The molecule has 1 heterocycles. The van der Waals surface area contributed by atoms with Gasteiger partial charge in [0.15, 0.2) is 0 Å². The molecule has 0 aliphatic carbocycles. The number of carboxylic acid groups (broad SMARTS) is 1. The summed E-state index contributed by atoms with van der Waals surface area (Å²) in [6, 6.07) is 0. The van der Waals surface area contributed by atoms with E-state index in [0.29, 0.717) is 0 Å². The van der Waals surface area contributed by atoms with Crippen LogP contribution in [-0.4, -0.2) is 21.0 Å². The van der Waals surface area contributed by atoms with Crippen LogP contribution in [0.15, 0.2) is 6.20 Å². The molecule has 0 aromatic carbocycles. The molecule has 0 radical (unpaired) electrons. The molecule has 0 bridgehead atoms. The maximum absolute atomic E-state index is 10.3. The van der Waals surface area contributed by atoms with Crippen LogP contribution in [-0.2, 0) is 0 Å². The Morgan fingerprint density at radius 1 is 1.70 bits per heavy atom. The van der Waals surface area contributed by atoms with Crippen molar-refractivity contribution in [2.75, 3.05) is 0 Å². The van der Waals surface area contributed by atoms with Gasteiger partial charge in [-0.15, -0.1) is 0 Å². The number of hydrogen-bond acceptors (Lipinski definition) is 2. The predicted molar refractivity (Wildman–Crippen MR) is 35.1 cm³/mol. The van der Waals surface area contributed by atoms with E-state index in [1.807, 2.05) is 6.92 Å². The van der Waals surface area contributed by atoms with E-state index in [4.69, 9.17) is 5.11 Å². The highest BCUT2D eigenvalue weighted by atomic mass is 16.4. The maximum atomic E-state index is 10.3. The van der Waals surface area contributed by atoms with Crippen LogP contribution in [0.5, 0.6) is 0 Å². The van der Waals surface area contributed by atoms with Crippen LogP contribution < -0.4 is 0 Å². The van der Waals surface area contributed by atoms with Crippen LogP contribution >= 0.6 is 0 Å². The van der Waals surface area contributed by atoms with Crippen molar-refractivity contribution in [3.8, 4) is 0 Å². The molecule has 1 aromatic heterocycles. The first-order valence-corrected chi connectivity index (χ1v) is 2.87. The van der Waals surface area contributed by atoms with Crippen molar-refractivity contribution in [3.05, 3.63) is 17.5 Å². The molecule has 1 aromatic rings. The lowest BCUT2D eigenvalue weighted by Gasteiger charge is -1.86. The molecule has 0 saturated carbocycles. The minimum Gasteiger partial charge on any atom is -0.463 e. The molecule has 0 atom stereocenters. The van der Waals surface area contributed by atoms with Crippen molar-refractivity contribution in [1.82, 2.24) is 9.78 Å². The third-order valence-electron chi connectivity index (χ3n) is 1.34. The lowest BCUT2D eigenvalue weighted by atomic mass is 10.3. The van der Waals surface area contributed by atoms with E-state index in [2.05, 4.69) is 5.10 Å². The van der Waals surface area contributed by atoms with Gasteiger partial charge in [0.2, 0.25) is 0 Å². The molecule has 4 nitrogen and oxygen atoms in total. The van der Waals surface area contributed by atoms with E-state index in [9.17, 15) is 4.79 Å². The fraction of sp³-hybridized carbons (Fsp3) is 0.333. The first-order valence-electron chi connectivity index (χ1n) is 2.87. The summed E-state index contributed by atoms with van der Waals surface area (Å²) in [5, 5.41) is 12.1. The highest BCUT2D eigenvalue weighted by molar-refractivity contribution is 5.66. The molecule has 0 aliphatic heterocycles. The zero-order chi connectivity index (χ0) is 7.72. The first kappa shape index (κ1) is 6.80. The largest absolute Gasteiger partial charge is 0.463 e. The molecule has 54 valence electrons. The molecule has 0 saturated heterocycles. The summed E-state index contributed by atoms with van der Waals surface area (Å²) in [6.45, 7) is 3.59. The van der Waals surface area contributed by atoms with E-state index >= 15 is 0 Å². The van der Waals surface area contributed by atoms with Gasteiger partial charge in [0, 0.05) is 6.20 Å². The summed E-state index contributed by atoms with van der Waals surface area (Å²) in [5.41, 5.74) is 1.64. The lowest BCUT2D eigenvalue weighted by molar-refractivity contribution is 0.192. The fourth-order valence-corrected chi connectivity index (χ4v) is 0.644. The average Bonchev–Trinajstić information content (AvgIpc) is 2.13. The summed E-state index contributed by atoms with van der Waals surface area (Å²) >= 11 is 0. The van der Waals surface area contributed by atoms with Crippen LogP contribution in [0.2, 0.25) is 0 Å². The van der Waals surface area contributed by atoms with Gasteiger partial charge in [-0.2, -0.15) is 9.78 Å². The summed E-state index contributed by atoms with van der Waals surface area (Å²) < 4.78 is 0.907. The monoisotopic (exact) mass is 140 g/mol. The van der Waals surface area contributed by atoms with Gasteiger partial charge in [-0.05, 0) is 19.4 Å². The lowest BCUT2D eigenvalue weighted by Crippen LogP contribution is -2.07. The van der Waals surface area contributed by atoms with Crippen molar-refractivity contribution < 1.29 is 9.90 Å². The second kappa shape index (κ2) is 2.13. The molecule has 0 fully saturated rings. The van der Waals surface area contributed by atoms with Crippen LogP contribution in [0.1, 0.15) is 11.3 Å². The zero-order valence-corrected chi connectivity index (χ0v) is 5.83. The number of aryl methyl sites for hydroxylation is 2. The Morgan fingerprint density at radius 3 is 2.50 bits per heavy atom. The van der Waals surface area contributed by atoms with Gasteiger partial charge in [-0.25, -0.2) is 4.79 Å². The first-order chi connectivity index (χ1) is 4.61.